The summed E-state index contributed by atoms with van der Waals surface area (Å²) < 4.78 is 0. The summed E-state index contributed by atoms with van der Waals surface area (Å²) in [7, 11) is 0. The fourth-order valence-corrected chi connectivity index (χ4v) is 3.73. The van der Waals surface area contributed by atoms with Gasteiger partial charge < -0.3 is 0 Å². The van der Waals surface area contributed by atoms with Gasteiger partial charge in [-0.2, -0.15) is 0 Å². The fourth-order valence-electron chi connectivity index (χ4n) is 3.73. The van der Waals surface area contributed by atoms with Gasteiger partial charge in [0.15, 0.2) is 0 Å². The topological polar surface area (TPSA) is 15.3 Å². The first-order chi connectivity index (χ1) is 7.55. The predicted molar refractivity (Wildman–Crippen MR) is 69.1 cm³/mol. The van der Waals surface area contributed by atoms with Crippen molar-refractivity contribution in [3.63, 3.8) is 0 Å². The summed E-state index contributed by atoms with van der Waals surface area (Å²) in [5.74, 6) is 0.881. The van der Waals surface area contributed by atoms with E-state index in [1.807, 2.05) is 0 Å². The van der Waals surface area contributed by atoms with Crippen molar-refractivity contribution in [2.45, 2.75) is 65.3 Å². The Kier molecular flexibility index (Phi) is 3.91. The molecule has 0 radical (unpaired) electrons. The van der Waals surface area contributed by atoms with Crippen LogP contribution in [0.2, 0.25) is 0 Å². The molecule has 1 aliphatic carbocycles. The lowest BCUT2D eigenvalue weighted by Crippen LogP contribution is -2.50. The second-order valence-corrected chi connectivity index (χ2v) is 6.79. The molecule has 2 unspecified atom stereocenters. The monoisotopic (exact) mass is 224 g/mol. The van der Waals surface area contributed by atoms with Crippen molar-refractivity contribution in [2.75, 3.05) is 13.1 Å². The molecule has 0 amide bonds. The number of hydrogen-bond donors (Lipinski definition) is 1. The molecule has 1 saturated carbocycles. The van der Waals surface area contributed by atoms with Crippen molar-refractivity contribution in [3.05, 3.63) is 0 Å². The Hall–Kier alpha value is -0.0800. The molecule has 2 aliphatic rings. The Balaban J connectivity index is 1.84. The molecule has 1 saturated heterocycles. The van der Waals surface area contributed by atoms with Crippen LogP contribution in [0.5, 0.6) is 0 Å². The SMILES string of the molecule is CC1CC(NN2CCCCC2)CC(C)(C)C1. The van der Waals surface area contributed by atoms with Crippen LogP contribution >= 0.6 is 0 Å². The van der Waals surface area contributed by atoms with Gasteiger partial charge in [0.05, 0.1) is 0 Å². The van der Waals surface area contributed by atoms with Gasteiger partial charge in [-0.05, 0) is 43.4 Å². The van der Waals surface area contributed by atoms with E-state index in [4.69, 9.17) is 0 Å². The molecule has 2 rings (SSSR count). The van der Waals surface area contributed by atoms with Crippen molar-refractivity contribution in [3.8, 4) is 0 Å². The molecule has 16 heavy (non-hydrogen) atoms. The molecule has 2 fully saturated rings. The van der Waals surface area contributed by atoms with Crippen molar-refractivity contribution in [1.82, 2.24) is 10.4 Å². The lowest BCUT2D eigenvalue weighted by atomic mass is 9.71. The highest BCUT2D eigenvalue weighted by Gasteiger charge is 2.32. The molecule has 0 aromatic heterocycles. The van der Waals surface area contributed by atoms with Crippen LogP contribution in [-0.2, 0) is 0 Å². The van der Waals surface area contributed by atoms with Crippen molar-refractivity contribution in [1.29, 1.82) is 0 Å². The third kappa shape index (κ3) is 3.46. The van der Waals surface area contributed by atoms with Crippen LogP contribution in [0.4, 0.5) is 0 Å². The van der Waals surface area contributed by atoms with Gasteiger partial charge in [-0.25, -0.2) is 5.01 Å². The summed E-state index contributed by atoms with van der Waals surface area (Å²) in [6, 6.07) is 0.719. The molecule has 2 nitrogen and oxygen atoms in total. The minimum absolute atomic E-state index is 0.533. The maximum Gasteiger partial charge on any atom is 0.0222 e. The highest BCUT2D eigenvalue weighted by Crippen LogP contribution is 2.38. The van der Waals surface area contributed by atoms with Crippen molar-refractivity contribution in [2.24, 2.45) is 11.3 Å². The van der Waals surface area contributed by atoms with Gasteiger partial charge in [-0.3, -0.25) is 5.43 Å². The van der Waals surface area contributed by atoms with Crippen LogP contribution in [0.25, 0.3) is 0 Å². The summed E-state index contributed by atoms with van der Waals surface area (Å²) >= 11 is 0. The van der Waals surface area contributed by atoms with E-state index < -0.39 is 0 Å². The molecule has 1 heterocycles. The number of nitrogens with zero attached hydrogens (tertiary/aromatic N) is 1. The van der Waals surface area contributed by atoms with E-state index in [1.54, 1.807) is 0 Å². The van der Waals surface area contributed by atoms with Crippen LogP contribution < -0.4 is 5.43 Å². The summed E-state index contributed by atoms with van der Waals surface area (Å²) in [4.78, 5) is 0. The van der Waals surface area contributed by atoms with Crippen LogP contribution in [-0.4, -0.2) is 24.1 Å². The van der Waals surface area contributed by atoms with Crippen molar-refractivity contribution >= 4 is 0 Å². The molecule has 1 N–H and O–H groups in total. The van der Waals surface area contributed by atoms with Gasteiger partial charge >= 0.3 is 0 Å². The van der Waals surface area contributed by atoms with E-state index in [-0.39, 0.29) is 0 Å². The second-order valence-electron chi connectivity index (χ2n) is 6.79. The van der Waals surface area contributed by atoms with E-state index in [0.717, 1.165) is 12.0 Å². The number of hydrazine groups is 1. The first-order valence-electron chi connectivity index (χ1n) is 7.06. The molecule has 2 heteroatoms. The molecule has 1 aliphatic heterocycles. The largest absolute Gasteiger partial charge is 0.252 e. The minimum atomic E-state index is 0.533. The third-order valence-electron chi connectivity index (χ3n) is 4.11. The smallest absolute Gasteiger partial charge is 0.0222 e. The van der Waals surface area contributed by atoms with E-state index in [9.17, 15) is 0 Å². The average molecular weight is 224 g/mol. The Bertz CT molecular complexity index is 219. The molecule has 0 aromatic rings. The van der Waals surface area contributed by atoms with Gasteiger partial charge in [0, 0.05) is 19.1 Å². The van der Waals surface area contributed by atoms with E-state index >= 15 is 0 Å². The molecular weight excluding hydrogens is 196 g/mol. The summed E-state index contributed by atoms with van der Waals surface area (Å²) in [5, 5.41) is 2.47. The normalized spacial score (nSPS) is 36.2. The predicted octanol–water partition coefficient (Wildman–Crippen LogP) is 3.19. The van der Waals surface area contributed by atoms with Crippen molar-refractivity contribution < 1.29 is 0 Å². The lowest BCUT2D eigenvalue weighted by molar-refractivity contribution is 0.0676. The number of rotatable bonds is 2. The summed E-state index contributed by atoms with van der Waals surface area (Å²) in [5.41, 5.74) is 4.31. The highest BCUT2D eigenvalue weighted by molar-refractivity contribution is 4.86. The first kappa shape index (κ1) is 12.4. The quantitative estimate of drug-likeness (QED) is 0.775. The number of hydrogen-bond acceptors (Lipinski definition) is 2. The Labute approximate surface area is 101 Å². The number of piperidine rings is 1. The highest BCUT2D eigenvalue weighted by atomic mass is 15.5. The standard InChI is InChI=1S/C14H28N2/c1-12-9-13(11-14(2,3)10-12)15-16-7-5-4-6-8-16/h12-13,15H,4-11H2,1-3H3. The van der Waals surface area contributed by atoms with E-state index in [0.29, 0.717) is 5.41 Å². The second kappa shape index (κ2) is 5.05. The van der Waals surface area contributed by atoms with Gasteiger partial charge in [0.25, 0.3) is 0 Å². The van der Waals surface area contributed by atoms with Crippen LogP contribution in [0.3, 0.4) is 0 Å². The van der Waals surface area contributed by atoms with E-state index in [1.165, 1.54) is 51.6 Å². The Morgan fingerprint density at radius 1 is 1.06 bits per heavy atom. The fraction of sp³-hybridized carbons (Fsp3) is 1.00. The zero-order chi connectivity index (χ0) is 11.6. The van der Waals surface area contributed by atoms with Crippen LogP contribution in [0.15, 0.2) is 0 Å². The van der Waals surface area contributed by atoms with Crippen LogP contribution in [0, 0.1) is 11.3 Å². The molecule has 0 bridgehead atoms. The van der Waals surface area contributed by atoms with E-state index in [2.05, 4.69) is 31.2 Å². The third-order valence-corrected chi connectivity index (χ3v) is 4.11. The first-order valence-corrected chi connectivity index (χ1v) is 7.06. The van der Waals surface area contributed by atoms with Gasteiger partial charge in [-0.15, -0.1) is 0 Å². The minimum Gasteiger partial charge on any atom is -0.252 e. The zero-order valence-electron chi connectivity index (χ0n) is 11.3. The molecule has 0 aromatic carbocycles. The Morgan fingerprint density at radius 3 is 2.38 bits per heavy atom. The molecule has 2 atom stereocenters. The summed E-state index contributed by atoms with van der Waals surface area (Å²) in [6.07, 6.45) is 8.26. The van der Waals surface area contributed by atoms with Gasteiger partial charge in [-0.1, -0.05) is 27.2 Å². The molecular formula is C14H28N2. The van der Waals surface area contributed by atoms with Gasteiger partial charge in [0.2, 0.25) is 0 Å². The number of nitrogens with one attached hydrogen (secondary N) is 1. The lowest BCUT2D eigenvalue weighted by Gasteiger charge is -2.42. The molecule has 94 valence electrons. The zero-order valence-corrected chi connectivity index (χ0v) is 11.3. The summed E-state index contributed by atoms with van der Waals surface area (Å²) in [6.45, 7) is 9.77. The Morgan fingerprint density at radius 2 is 1.75 bits per heavy atom. The average Bonchev–Trinajstić information content (AvgIpc) is 2.15. The molecule has 0 spiro atoms. The maximum absolute atomic E-state index is 3.78. The maximum atomic E-state index is 3.78. The van der Waals surface area contributed by atoms with Crippen LogP contribution in [0.1, 0.15) is 59.3 Å². The van der Waals surface area contributed by atoms with Gasteiger partial charge in [0.1, 0.15) is 0 Å².